The van der Waals surface area contributed by atoms with Crippen molar-refractivity contribution in [2.24, 2.45) is 7.05 Å². The highest BCUT2D eigenvalue weighted by molar-refractivity contribution is 6.01. The van der Waals surface area contributed by atoms with E-state index in [0.29, 0.717) is 24.3 Å². The Balaban J connectivity index is 2.23. The zero-order valence-electron chi connectivity index (χ0n) is 10.5. The molecule has 0 aromatic carbocycles. The van der Waals surface area contributed by atoms with Gasteiger partial charge in [-0.15, -0.1) is 0 Å². The van der Waals surface area contributed by atoms with E-state index in [1.54, 1.807) is 19.0 Å². The van der Waals surface area contributed by atoms with E-state index in [-0.39, 0.29) is 11.8 Å². The van der Waals surface area contributed by atoms with Crippen molar-refractivity contribution in [2.75, 3.05) is 19.3 Å². The molecule has 3 N–H and O–H groups in total. The number of carbonyl (C=O) groups excluding carboxylic acids is 2. The number of aromatic nitrogens is 2. The molecule has 0 aliphatic carbocycles. The van der Waals surface area contributed by atoms with Crippen LogP contribution in [-0.4, -0.2) is 46.1 Å². The van der Waals surface area contributed by atoms with Crippen molar-refractivity contribution in [1.82, 2.24) is 20.0 Å². The minimum absolute atomic E-state index is 0.136. The van der Waals surface area contributed by atoms with Gasteiger partial charge in [0.15, 0.2) is 0 Å². The first-order valence-electron chi connectivity index (χ1n) is 5.86. The Kier molecular flexibility index (Phi) is 3.22. The third kappa shape index (κ3) is 1.92. The Morgan fingerprint density at radius 3 is 2.83 bits per heavy atom. The van der Waals surface area contributed by atoms with Gasteiger partial charge in [-0.1, -0.05) is 0 Å². The molecule has 7 nitrogen and oxygen atoms in total. The molecule has 0 radical (unpaired) electrons. The first-order valence-corrected chi connectivity index (χ1v) is 5.86. The van der Waals surface area contributed by atoms with Gasteiger partial charge in [-0.25, -0.2) is 0 Å². The second-order valence-corrected chi connectivity index (χ2v) is 4.34. The van der Waals surface area contributed by atoms with Crippen LogP contribution in [-0.2, 0) is 11.8 Å². The first-order chi connectivity index (χ1) is 8.56. The Labute approximate surface area is 105 Å². The van der Waals surface area contributed by atoms with Crippen molar-refractivity contribution in [2.45, 2.75) is 18.9 Å². The largest absolute Gasteiger partial charge is 0.383 e. The maximum Gasteiger partial charge on any atom is 0.259 e. The Morgan fingerprint density at radius 2 is 2.28 bits per heavy atom. The second-order valence-electron chi connectivity index (χ2n) is 4.34. The molecule has 1 fully saturated rings. The van der Waals surface area contributed by atoms with Gasteiger partial charge in [-0.05, 0) is 12.8 Å². The minimum Gasteiger partial charge on any atom is -0.383 e. The average Bonchev–Trinajstić information content (AvgIpc) is 2.96. The fourth-order valence-corrected chi connectivity index (χ4v) is 2.22. The molecule has 2 rings (SSSR count). The van der Waals surface area contributed by atoms with Gasteiger partial charge < -0.3 is 16.0 Å². The fraction of sp³-hybridized carbons (Fsp3) is 0.545. The molecular formula is C11H17N5O2. The normalized spacial score (nSPS) is 19.0. The molecule has 2 heterocycles. The van der Waals surface area contributed by atoms with Gasteiger partial charge >= 0.3 is 0 Å². The van der Waals surface area contributed by atoms with Crippen LogP contribution in [0.2, 0.25) is 0 Å². The number of rotatable bonds is 2. The number of hydrogen-bond acceptors (Lipinski definition) is 4. The summed E-state index contributed by atoms with van der Waals surface area (Å²) >= 11 is 0. The van der Waals surface area contributed by atoms with Gasteiger partial charge in [0, 0.05) is 20.6 Å². The van der Waals surface area contributed by atoms with Gasteiger partial charge in [0.1, 0.15) is 17.4 Å². The highest BCUT2D eigenvalue weighted by Crippen LogP contribution is 2.22. The van der Waals surface area contributed by atoms with Crippen molar-refractivity contribution in [3.63, 3.8) is 0 Å². The summed E-state index contributed by atoms with van der Waals surface area (Å²) in [6.45, 7) is 0.575. The molecule has 7 heteroatoms. The Hall–Kier alpha value is -2.05. The van der Waals surface area contributed by atoms with Crippen LogP contribution in [0.25, 0.3) is 0 Å². The summed E-state index contributed by atoms with van der Waals surface area (Å²) in [5, 5.41) is 6.52. The molecule has 0 saturated carbocycles. The number of aryl methyl sites for hydroxylation is 1. The molecule has 18 heavy (non-hydrogen) atoms. The van der Waals surface area contributed by atoms with Gasteiger partial charge in [-0.2, -0.15) is 5.10 Å². The highest BCUT2D eigenvalue weighted by Gasteiger charge is 2.35. The van der Waals surface area contributed by atoms with Crippen molar-refractivity contribution in [3.05, 3.63) is 11.8 Å². The average molecular weight is 251 g/mol. The van der Waals surface area contributed by atoms with E-state index in [0.717, 1.165) is 6.42 Å². The van der Waals surface area contributed by atoms with E-state index in [4.69, 9.17) is 5.73 Å². The quantitative estimate of drug-likeness (QED) is 0.730. The number of amides is 2. The predicted molar refractivity (Wildman–Crippen MR) is 65.7 cm³/mol. The summed E-state index contributed by atoms with van der Waals surface area (Å²) in [4.78, 5) is 25.6. The van der Waals surface area contributed by atoms with Crippen LogP contribution >= 0.6 is 0 Å². The molecule has 98 valence electrons. The van der Waals surface area contributed by atoms with Crippen LogP contribution in [0.1, 0.15) is 23.2 Å². The van der Waals surface area contributed by atoms with Crippen LogP contribution in [0.3, 0.4) is 0 Å². The zero-order valence-corrected chi connectivity index (χ0v) is 10.5. The fourth-order valence-electron chi connectivity index (χ4n) is 2.22. The molecule has 1 aliphatic heterocycles. The summed E-state index contributed by atoms with van der Waals surface area (Å²) < 4.78 is 1.44. The predicted octanol–water partition coefficient (Wildman–Crippen LogP) is -0.647. The maximum absolute atomic E-state index is 12.3. The number of anilines is 1. The third-order valence-electron chi connectivity index (χ3n) is 3.28. The topological polar surface area (TPSA) is 93.2 Å². The molecule has 1 aromatic rings. The van der Waals surface area contributed by atoms with Gasteiger partial charge in [-0.3, -0.25) is 14.3 Å². The lowest BCUT2D eigenvalue weighted by Gasteiger charge is -2.22. The van der Waals surface area contributed by atoms with Gasteiger partial charge in [0.05, 0.1) is 6.20 Å². The van der Waals surface area contributed by atoms with Crippen molar-refractivity contribution in [3.8, 4) is 0 Å². The molecule has 1 unspecified atom stereocenters. The maximum atomic E-state index is 12.3. The number of likely N-dealkylation sites (N-methyl/N-ethyl adjacent to an activating group) is 1. The van der Waals surface area contributed by atoms with E-state index < -0.39 is 6.04 Å². The smallest absolute Gasteiger partial charge is 0.259 e. The third-order valence-corrected chi connectivity index (χ3v) is 3.28. The number of carbonyl (C=O) groups is 2. The molecule has 2 amide bonds. The molecule has 1 atom stereocenters. The summed E-state index contributed by atoms with van der Waals surface area (Å²) in [5.41, 5.74) is 6.13. The highest BCUT2D eigenvalue weighted by atomic mass is 16.2. The van der Waals surface area contributed by atoms with Crippen LogP contribution in [0.5, 0.6) is 0 Å². The first kappa shape index (κ1) is 12.4. The molecular weight excluding hydrogens is 234 g/mol. The molecule has 0 spiro atoms. The Morgan fingerprint density at radius 1 is 1.56 bits per heavy atom. The molecule has 1 aliphatic rings. The number of nitrogens with two attached hydrogens (primary N) is 1. The summed E-state index contributed by atoms with van der Waals surface area (Å²) in [6, 6.07) is -0.401. The molecule has 1 aromatic heterocycles. The lowest BCUT2D eigenvalue weighted by Crippen LogP contribution is -2.45. The van der Waals surface area contributed by atoms with E-state index in [1.165, 1.54) is 10.9 Å². The van der Waals surface area contributed by atoms with Gasteiger partial charge in [0.2, 0.25) is 5.91 Å². The van der Waals surface area contributed by atoms with Crippen molar-refractivity contribution < 1.29 is 9.59 Å². The van der Waals surface area contributed by atoms with Gasteiger partial charge in [0.25, 0.3) is 5.91 Å². The summed E-state index contributed by atoms with van der Waals surface area (Å²) in [5.74, 6) is -0.0439. The van der Waals surface area contributed by atoms with E-state index in [9.17, 15) is 9.59 Å². The minimum atomic E-state index is -0.401. The van der Waals surface area contributed by atoms with Crippen LogP contribution in [0, 0.1) is 0 Å². The van der Waals surface area contributed by atoms with Crippen LogP contribution < -0.4 is 11.1 Å². The number of nitrogen functional groups attached to an aromatic ring is 1. The van der Waals surface area contributed by atoms with Crippen LogP contribution in [0.15, 0.2) is 6.20 Å². The standard InChI is InChI=1S/C11H17N5O2/c1-13-10(17)8-4-3-5-16(8)11(18)7-6-14-15(2)9(7)12/h6,8H,3-5,12H2,1-2H3,(H,13,17). The summed E-state index contributed by atoms with van der Waals surface area (Å²) in [6.07, 6.45) is 2.95. The monoisotopic (exact) mass is 251 g/mol. The number of nitrogens with one attached hydrogen (secondary N) is 1. The number of hydrogen-bond donors (Lipinski definition) is 2. The SMILES string of the molecule is CNC(=O)C1CCCN1C(=O)c1cnn(C)c1N. The van der Waals surface area contributed by atoms with Crippen LogP contribution in [0.4, 0.5) is 5.82 Å². The second kappa shape index (κ2) is 4.67. The van der Waals surface area contributed by atoms with Crippen molar-refractivity contribution >= 4 is 17.6 Å². The lowest BCUT2D eigenvalue weighted by molar-refractivity contribution is -0.124. The van der Waals surface area contributed by atoms with E-state index in [2.05, 4.69) is 10.4 Å². The van der Waals surface area contributed by atoms with E-state index >= 15 is 0 Å². The number of likely N-dealkylation sites (tertiary alicyclic amines) is 1. The lowest BCUT2D eigenvalue weighted by atomic mass is 10.2. The summed E-state index contributed by atoms with van der Waals surface area (Å²) in [7, 11) is 3.24. The Bertz CT molecular complexity index is 482. The van der Waals surface area contributed by atoms with Crippen molar-refractivity contribution in [1.29, 1.82) is 0 Å². The zero-order chi connectivity index (χ0) is 13.3. The number of nitrogens with zero attached hydrogens (tertiary/aromatic N) is 3. The molecule has 0 bridgehead atoms. The van der Waals surface area contributed by atoms with E-state index in [1.807, 2.05) is 0 Å². The molecule has 1 saturated heterocycles.